The van der Waals surface area contributed by atoms with Gasteiger partial charge in [-0.15, -0.1) is 0 Å². The Morgan fingerprint density at radius 2 is 2.09 bits per heavy atom. The topological polar surface area (TPSA) is 12.0 Å². The maximum absolute atomic E-state index is 3.57. The van der Waals surface area contributed by atoms with Gasteiger partial charge in [0.1, 0.15) is 0 Å². The van der Waals surface area contributed by atoms with Gasteiger partial charge >= 0.3 is 0 Å². The molecule has 62 valence electrons. The second-order valence-electron chi connectivity index (χ2n) is 2.16. The molecule has 0 spiro atoms. The molecule has 0 aromatic heterocycles. The van der Waals surface area contributed by atoms with Crippen LogP contribution in [-0.4, -0.2) is 7.05 Å². The van der Waals surface area contributed by atoms with Gasteiger partial charge in [-0.05, 0) is 18.7 Å². The van der Waals surface area contributed by atoms with Crippen molar-refractivity contribution in [3.05, 3.63) is 48.7 Å². The standard InChI is InChI=1S/C10H15N.H2/c1-4-5-6-7-8-10(2)9-11-3;/h4-9,11H,1H2,2-3H3;1H/b6-5+,8-7-,10-9+;. The monoisotopic (exact) mass is 151 g/mol. The largest absolute Gasteiger partial charge is 0.394 e. The second-order valence-corrected chi connectivity index (χ2v) is 2.16. The van der Waals surface area contributed by atoms with Gasteiger partial charge in [0.25, 0.3) is 0 Å². The Kier molecular flexibility index (Phi) is 6.10. The van der Waals surface area contributed by atoms with E-state index in [2.05, 4.69) is 11.9 Å². The van der Waals surface area contributed by atoms with Crippen molar-refractivity contribution in [1.82, 2.24) is 5.32 Å². The number of rotatable bonds is 4. The molecule has 0 aliphatic rings. The minimum absolute atomic E-state index is 0. The molecular formula is C10H17N. The van der Waals surface area contributed by atoms with Gasteiger partial charge in [-0.2, -0.15) is 0 Å². The lowest BCUT2D eigenvalue weighted by Gasteiger charge is -1.89. The van der Waals surface area contributed by atoms with Gasteiger partial charge in [0.05, 0.1) is 0 Å². The van der Waals surface area contributed by atoms with Crippen LogP contribution in [0.15, 0.2) is 48.7 Å². The number of nitrogens with one attached hydrogen (secondary N) is 1. The number of hydrogen-bond donors (Lipinski definition) is 1. The SMILES string of the molecule is C=C/C=C/C=C\C(C)=C\NC.[HH]. The van der Waals surface area contributed by atoms with Gasteiger partial charge in [-0.3, -0.25) is 0 Å². The van der Waals surface area contributed by atoms with Gasteiger partial charge in [-0.25, -0.2) is 0 Å². The molecule has 0 aliphatic heterocycles. The molecule has 0 saturated heterocycles. The van der Waals surface area contributed by atoms with E-state index in [-0.39, 0.29) is 1.43 Å². The molecule has 1 N–H and O–H groups in total. The molecule has 0 saturated carbocycles. The van der Waals surface area contributed by atoms with Gasteiger partial charge < -0.3 is 5.32 Å². The molecule has 0 radical (unpaired) electrons. The highest BCUT2D eigenvalue weighted by molar-refractivity contribution is 5.20. The van der Waals surface area contributed by atoms with E-state index in [9.17, 15) is 0 Å². The summed E-state index contributed by atoms with van der Waals surface area (Å²) < 4.78 is 0. The van der Waals surface area contributed by atoms with Crippen LogP contribution in [0.1, 0.15) is 8.35 Å². The van der Waals surface area contributed by atoms with Crippen molar-refractivity contribution in [3.8, 4) is 0 Å². The lowest BCUT2D eigenvalue weighted by Crippen LogP contribution is -1.92. The summed E-state index contributed by atoms with van der Waals surface area (Å²) in [4.78, 5) is 0. The summed E-state index contributed by atoms with van der Waals surface area (Å²) in [6.07, 6.45) is 11.5. The quantitative estimate of drug-likeness (QED) is 0.609. The molecule has 0 aromatic carbocycles. The second kappa shape index (κ2) is 6.87. The average molecular weight is 151 g/mol. The predicted octanol–water partition coefficient (Wildman–Crippen LogP) is 2.65. The Labute approximate surface area is 70.3 Å². The van der Waals surface area contributed by atoms with Crippen molar-refractivity contribution in [3.63, 3.8) is 0 Å². The zero-order chi connectivity index (χ0) is 8.53. The highest BCUT2D eigenvalue weighted by atomic mass is 14.8. The van der Waals surface area contributed by atoms with Crippen LogP contribution in [0.2, 0.25) is 0 Å². The first-order chi connectivity index (χ1) is 5.31. The number of hydrogen-bond acceptors (Lipinski definition) is 1. The summed E-state index contributed by atoms with van der Waals surface area (Å²) in [7, 11) is 1.89. The lowest BCUT2D eigenvalue weighted by atomic mass is 10.3. The van der Waals surface area contributed by atoms with Crippen LogP contribution >= 0.6 is 0 Å². The van der Waals surface area contributed by atoms with Gasteiger partial charge in [0, 0.05) is 8.47 Å². The third-order valence-electron chi connectivity index (χ3n) is 1.09. The van der Waals surface area contributed by atoms with Crippen molar-refractivity contribution in [1.29, 1.82) is 0 Å². The first kappa shape index (κ1) is 9.76. The van der Waals surface area contributed by atoms with E-state index in [1.54, 1.807) is 6.08 Å². The minimum Gasteiger partial charge on any atom is -0.394 e. The van der Waals surface area contributed by atoms with E-state index < -0.39 is 0 Å². The van der Waals surface area contributed by atoms with Crippen LogP contribution in [0.3, 0.4) is 0 Å². The van der Waals surface area contributed by atoms with E-state index in [1.807, 2.05) is 44.5 Å². The van der Waals surface area contributed by atoms with E-state index in [0.29, 0.717) is 0 Å². The fourth-order valence-corrected chi connectivity index (χ4v) is 0.626. The molecule has 0 atom stereocenters. The van der Waals surface area contributed by atoms with Crippen LogP contribution in [0.4, 0.5) is 0 Å². The normalized spacial score (nSPS) is 12.7. The molecule has 0 aromatic rings. The third kappa shape index (κ3) is 6.65. The molecule has 0 aliphatic carbocycles. The Morgan fingerprint density at radius 3 is 2.64 bits per heavy atom. The summed E-state index contributed by atoms with van der Waals surface area (Å²) in [5.41, 5.74) is 1.20. The fourth-order valence-electron chi connectivity index (χ4n) is 0.626. The van der Waals surface area contributed by atoms with Gasteiger partial charge in [-0.1, -0.05) is 37.0 Å². The van der Waals surface area contributed by atoms with Crippen LogP contribution in [0.5, 0.6) is 0 Å². The van der Waals surface area contributed by atoms with Crippen molar-refractivity contribution < 1.29 is 1.43 Å². The molecule has 0 heterocycles. The summed E-state index contributed by atoms with van der Waals surface area (Å²) in [5, 5.41) is 2.95. The molecule has 1 heteroatoms. The molecule has 0 amide bonds. The molecule has 0 fully saturated rings. The Balaban J connectivity index is 0. The molecule has 11 heavy (non-hydrogen) atoms. The third-order valence-corrected chi connectivity index (χ3v) is 1.09. The van der Waals surface area contributed by atoms with Crippen LogP contribution < -0.4 is 5.32 Å². The van der Waals surface area contributed by atoms with Crippen molar-refractivity contribution in [2.75, 3.05) is 7.05 Å². The molecule has 0 rings (SSSR count). The Bertz CT molecular complexity index is 190. The van der Waals surface area contributed by atoms with Crippen LogP contribution in [0.25, 0.3) is 0 Å². The maximum Gasteiger partial charge on any atom is 0.00277 e. The number of allylic oxidation sites excluding steroid dienone is 6. The maximum atomic E-state index is 3.57. The Morgan fingerprint density at radius 1 is 1.36 bits per heavy atom. The van der Waals surface area contributed by atoms with Gasteiger partial charge in [0.15, 0.2) is 0 Å². The summed E-state index contributed by atoms with van der Waals surface area (Å²) in [6, 6.07) is 0. The summed E-state index contributed by atoms with van der Waals surface area (Å²) >= 11 is 0. The molecular weight excluding hydrogens is 134 g/mol. The van der Waals surface area contributed by atoms with Gasteiger partial charge in [0.2, 0.25) is 0 Å². The summed E-state index contributed by atoms with van der Waals surface area (Å²) in [6.45, 7) is 5.60. The van der Waals surface area contributed by atoms with Crippen molar-refractivity contribution in [2.24, 2.45) is 0 Å². The smallest absolute Gasteiger partial charge is 0.00277 e. The first-order valence-corrected chi connectivity index (χ1v) is 3.61. The fraction of sp³-hybridized carbons (Fsp3) is 0.200. The van der Waals surface area contributed by atoms with E-state index in [1.165, 1.54) is 5.57 Å². The zero-order valence-electron chi connectivity index (χ0n) is 7.17. The molecule has 1 nitrogen and oxygen atoms in total. The van der Waals surface area contributed by atoms with Crippen molar-refractivity contribution in [2.45, 2.75) is 6.92 Å². The van der Waals surface area contributed by atoms with Crippen LogP contribution in [0, 0.1) is 0 Å². The van der Waals surface area contributed by atoms with Crippen LogP contribution in [-0.2, 0) is 0 Å². The average Bonchev–Trinajstić information content (AvgIpc) is 1.99. The van der Waals surface area contributed by atoms with E-state index in [0.717, 1.165) is 0 Å². The molecule has 0 unspecified atom stereocenters. The first-order valence-electron chi connectivity index (χ1n) is 3.61. The summed E-state index contributed by atoms with van der Waals surface area (Å²) in [5.74, 6) is 0. The predicted molar refractivity (Wildman–Crippen MR) is 53.4 cm³/mol. The molecule has 0 bridgehead atoms. The minimum atomic E-state index is 0. The lowest BCUT2D eigenvalue weighted by molar-refractivity contribution is 1.08. The highest BCUT2D eigenvalue weighted by Gasteiger charge is 1.74. The van der Waals surface area contributed by atoms with Crippen molar-refractivity contribution >= 4 is 0 Å². The van der Waals surface area contributed by atoms with E-state index >= 15 is 0 Å². The van der Waals surface area contributed by atoms with E-state index in [4.69, 9.17) is 0 Å². The zero-order valence-corrected chi connectivity index (χ0v) is 7.17. The highest BCUT2D eigenvalue weighted by Crippen LogP contribution is 1.92. The Hall–Kier alpha value is -1.24.